The van der Waals surface area contributed by atoms with Gasteiger partial charge in [-0.15, -0.1) is 0 Å². The second kappa shape index (κ2) is 39.1. The molecule has 1 unspecified atom stereocenters. The first-order valence-electron chi connectivity index (χ1n) is 31.8. The number of halogens is 1. The van der Waals surface area contributed by atoms with Crippen molar-refractivity contribution >= 4 is 77.6 Å². The summed E-state index contributed by atoms with van der Waals surface area (Å²) in [6.07, 6.45) is 4.43. The zero-order chi connectivity index (χ0) is 74.0. The molecule has 0 spiro atoms. The summed E-state index contributed by atoms with van der Waals surface area (Å²) in [4.78, 5) is 87.9. The number of aromatic nitrogens is 1. The van der Waals surface area contributed by atoms with Crippen molar-refractivity contribution < 1.29 is 97.2 Å². The third kappa shape index (κ3) is 28.1. The number of nitrogens with zero attached hydrogens (tertiary/aromatic N) is 9. The van der Waals surface area contributed by atoms with Crippen LogP contribution in [-0.4, -0.2) is 267 Å². The Morgan fingerprint density at radius 2 is 1.33 bits per heavy atom. The van der Waals surface area contributed by atoms with E-state index >= 15 is 0 Å². The van der Waals surface area contributed by atoms with Crippen LogP contribution in [0.2, 0.25) is 5.02 Å². The van der Waals surface area contributed by atoms with E-state index in [9.17, 15) is 83.7 Å². The Balaban J connectivity index is 1.02. The third-order valence-electron chi connectivity index (χ3n) is 16.3. The smallest absolute Gasteiger partial charge is 0.320 e. The van der Waals surface area contributed by atoms with Gasteiger partial charge in [0.15, 0.2) is 0 Å². The van der Waals surface area contributed by atoms with Crippen LogP contribution in [0, 0.1) is 25.2 Å². The van der Waals surface area contributed by atoms with Crippen molar-refractivity contribution in [3.63, 3.8) is 0 Å². The number of azo groups is 1. The normalized spacial score (nSPS) is 15.8. The lowest BCUT2D eigenvalue weighted by molar-refractivity contribution is -0.145. The molecule has 1 aromatic heterocycles. The first kappa shape index (κ1) is 81.4. The number of nitrogens with one attached hydrogen (secondary N) is 4. The van der Waals surface area contributed by atoms with Crippen LogP contribution in [0.5, 0.6) is 17.2 Å². The van der Waals surface area contributed by atoms with Gasteiger partial charge in [0, 0.05) is 134 Å². The van der Waals surface area contributed by atoms with Gasteiger partial charge in [0.05, 0.1) is 35.2 Å². The number of nitriles is 1. The molecule has 2 fully saturated rings. The van der Waals surface area contributed by atoms with Gasteiger partial charge in [-0.25, -0.2) is 0 Å². The van der Waals surface area contributed by atoms with Crippen LogP contribution in [0.3, 0.4) is 0 Å². The standard InChI is InChI=1S/C63H84ClN13O21S3/c1-42-46(38-97-57-29-56(96-37-45-27-44(30-65)31-68-32-45)47(28-51(57)64)33-70-52(40-100(90,91)92)61(83)69-14-26-99(87,88)89)7-4-8-49(42)50-9-5-10-55(43(50)2)98-39-48(72-66-3)34-67-13-6-15-73-18-24-77(25-19-73)62(84)53(41-101(93,94)95)71-58(78)12-11-54(63(85)86)76-22-20-74(35-59(79)80)16-17-75(21-23-76)36-60(81)82/h4-5,7-10,27-29,31-32,34,52-54,67,70H,6,11-26,33,35-41H2,1-3H3,(H,69,83)(H,71,78)(H,79,80)(H,81,82)(H,85,86)(H,87,88,89)(H,90,91,92)(H,93,94,95)/b48-34-,72-66-/t52-,53-,54?/m0/s1. The van der Waals surface area contributed by atoms with E-state index in [0.717, 1.165) is 27.8 Å². The molecule has 6 rings (SSSR count). The van der Waals surface area contributed by atoms with Gasteiger partial charge in [0.25, 0.3) is 30.4 Å². The Morgan fingerprint density at radius 3 is 1.94 bits per heavy atom. The summed E-state index contributed by atoms with van der Waals surface area (Å²) in [5.41, 5.74) is 5.74. The van der Waals surface area contributed by atoms with E-state index in [-0.39, 0.29) is 120 Å². The van der Waals surface area contributed by atoms with E-state index in [4.69, 9.17) is 30.4 Å². The molecule has 0 saturated carbocycles. The highest BCUT2D eigenvalue weighted by Crippen LogP contribution is 2.37. The molecule has 552 valence electrons. The van der Waals surface area contributed by atoms with Gasteiger partial charge in [-0.3, -0.25) is 67.0 Å². The molecule has 3 aromatic carbocycles. The van der Waals surface area contributed by atoms with E-state index in [2.05, 4.69) is 41.4 Å². The van der Waals surface area contributed by atoms with E-state index in [0.29, 0.717) is 55.2 Å². The highest BCUT2D eigenvalue weighted by atomic mass is 35.5. The molecule has 0 bridgehead atoms. The lowest BCUT2D eigenvalue weighted by atomic mass is 9.93. The summed E-state index contributed by atoms with van der Waals surface area (Å²) in [6.45, 7) is 5.31. The van der Waals surface area contributed by atoms with Crippen molar-refractivity contribution in [1.29, 1.82) is 5.26 Å². The average Bonchev–Trinajstić information content (AvgIpc) is 1.00. The number of amides is 3. The predicted octanol–water partition coefficient (Wildman–Crippen LogP) is 1.52. The van der Waals surface area contributed by atoms with Crippen LogP contribution in [0.15, 0.2) is 89.1 Å². The maximum atomic E-state index is 13.8. The molecule has 2 aliphatic rings. The number of carboxylic acid groups (broad SMARTS) is 3. The number of rotatable bonds is 38. The number of carbonyl (C=O) groups excluding carboxylic acids is 3. The lowest BCUT2D eigenvalue weighted by Gasteiger charge is -2.36. The molecule has 0 radical (unpaired) electrons. The summed E-state index contributed by atoms with van der Waals surface area (Å²) in [5.74, 6) is -8.34. The van der Waals surface area contributed by atoms with Crippen molar-refractivity contribution in [2.75, 3.05) is 129 Å². The highest BCUT2D eigenvalue weighted by molar-refractivity contribution is 7.86. The van der Waals surface area contributed by atoms with Crippen molar-refractivity contribution in [2.45, 2.75) is 71.0 Å². The SMILES string of the molecule is C/N=N\C(=C/NCCCN1CCN(C(=O)[C@H](CS(=O)(=O)O)NC(=O)CCC(C(=O)O)N2CCN(CC(=O)O)CCN(CC(=O)O)CC2)CC1)COc1cccc(-c2cccc(COc3cc(OCc4cncc(C#N)c4)c(CN[C@@H](CS(=O)(=O)O)C(=O)NCCS(=O)(=O)O)cc3Cl)c2C)c1C. The van der Waals surface area contributed by atoms with Crippen LogP contribution < -0.4 is 35.5 Å². The van der Waals surface area contributed by atoms with Gasteiger partial charge >= 0.3 is 17.9 Å². The summed E-state index contributed by atoms with van der Waals surface area (Å²) >= 11 is 6.81. The molecule has 2 aliphatic heterocycles. The monoisotopic (exact) mass is 1490 g/mol. The van der Waals surface area contributed by atoms with E-state index < -0.39 is 114 Å². The minimum absolute atomic E-state index is 0.0135. The molecule has 0 aliphatic carbocycles. The minimum Gasteiger partial charge on any atom is -0.488 e. The average molecular weight is 1490 g/mol. The summed E-state index contributed by atoms with van der Waals surface area (Å²) in [6, 6.07) is 13.3. The van der Waals surface area contributed by atoms with Crippen molar-refractivity contribution in [3.05, 3.63) is 117 Å². The van der Waals surface area contributed by atoms with Crippen LogP contribution >= 0.6 is 11.6 Å². The van der Waals surface area contributed by atoms with Crippen LogP contribution in [-0.2, 0) is 78.9 Å². The third-order valence-corrected chi connectivity index (χ3v) is 18.8. The minimum atomic E-state index is -4.80. The van der Waals surface area contributed by atoms with Gasteiger partial charge < -0.3 is 55.7 Å². The molecule has 3 atom stereocenters. The zero-order valence-electron chi connectivity index (χ0n) is 55.8. The summed E-state index contributed by atoms with van der Waals surface area (Å²) in [7, 11) is -12.5. The number of hydrogen-bond acceptors (Lipinski definition) is 25. The number of carbonyl (C=O) groups is 6. The molecular weight excluding hydrogens is 1410 g/mol. The summed E-state index contributed by atoms with van der Waals surface area (Å²) < 4.78 is 118. The molecule has 101 heavy (non-hydrogen) atoms. The molecule has 10 N–H and O–H groups in total. The fourth-order valence-electron chi connectivity index (χ4n) is 11.1. The van der Waals surface area contributed by atoms with Gasteiger partial charge in [0.1, 0.15) is 72.7 Å². The predicted molar refractivity (Wildman–Crippen MR) is 366 cm³/mol. The maximum absolute atomic E-state index is 13.8. The van der Waals surface area contributed by atoms with Gasteiger partial charge in [-0.2, -0.15) is 40.7 Å². The Kier molecular flexibility index (Phi) is 31.5. The molecular formula is C63H84ClN13O21S3. The molecule has 3 amide bonds. The van der Waals surface area contributed by atoms with E-state index in [1.54, 1.807) is 22.1 Å². The Morgan fingerprint density at radius 1 is 0.713 bits per heavy atom. The first-order valence-corrected chi connectivity index (χ1v) is 37.0. The number of piperazine rings is 1. The Bertz CT molecular complexity index is 4000. The molecule has 38 heteroatoms. The largest absolute Gasteiger partial charge is 0.488 e. The number of carboxylic acids is 3. The second-order valence-corrected chi connectivity index (χ2v) is 28.7. The molecule has 2 saturated heterocycles. The van der Waals surface area contributed by atoms with E-state index in [1.165, 1.54) is 41.4 Å². The molecule has 34 nitrogen and oxygen atoms in total. The lowest BCUT2D eigenvalue weighted by Crippen LogP contribution is -2.57. The van der Waals surface area contributed by atoms with Crippen LogP contribution in [0.25, 0.3) is 11.1 Å². The number of hydrogen-bond donors (Lipinski definition) is 10. The van der Waals surface area contributed by atoms with Gasteiger partial charge in [-0.1, -0.05) is 41.9 Å². The summed E-state index contributed by atoms with van der Waals surface area (Å²) in [5, 5.41) is 57.4. The Labute approximate surface area is 589 Å². The zero-order valence-corrected chi connectivity index (χ0v) is 59.0. The maximum Gasteiger partial charge on any atom is 0.320 e. The van der Waals surface area contributed by atoms with Crippen molar-refractivity contribution in [1.82, 2.24) is 50.8 Å². The van der Waals surface area contributed by atoms with Crippen LogP contribution in [0.4, 0.5) is 0 Å². The van der Waals surface area contributed by atoms with Crippen molar-refractivity contribution in [3.8, 4) is 34.4 Å². The molecule has 4 aromatic rings. The number of pyridine rings is 1. The van der Waals surface area contributed by atoms with E-state index in [1.807, 2.05) is 56.3 Å². The van der Waals surface area contributed by atoms with Gasteiger partial charge in [0.2, 0.25) is 17.7 Å². The van der Waals surface area contributed by atoms with Crippen molar-refractivity contribution in [2.24, 2.45) is 10.2 Å². The highest BCUT2D eigenvalue weighted by Gasteiger charge is 2.34. The quantitative estimate of drug-likeness (QED) is 0.0173. The number of aliphatic carboxylic acids is 3. The Hall–Kier alpha value is -8.52. The number of benzene rings is 3. The van der Waals surface area contributed by atoms with Gasteiger partial charge in [-0.05, 0) is 79.3 Å². The molecule has 3 heterocycles. The van der Waals surface area contributed by atoms with Crippen LogP contribution in [0.1, 0.15) is 52.6 Å². The fraction of sp³-hybridized carbons (Fsp3) is 0.492. The first-order chi connectivity index (χ1) is 47.8. The number of ether oxygens (including phenoxy) is 3. The topological polar surface area (TPSA) is 480 Å². The second-order valence-electron chi connectivity index (χ2n) is 23.8. The fourth-order valence-corrected chi connectivity index (χ4v) is 13.1.